The smallest absolute Gasteiger partial charge is 0.338 e. The van der Waals surface area contributed by atoms with E-state index in [1.807, 2.05) is 24.3 Å². The standard InChI is InChI=1S/C22H22N2O5/c1-4-28-22(26)15-8-10-17(11-9-15)23-20(25)13-19-14(2)29-21(24-19)16-6-5-7-18(12-16)27-3/h5-12H,4,13H2,1-3H3,(H,23,25). The fourth-order valence-electron chi connectivity index (χ4n) is 2.73. The number of hydrogen-bond donors (Lipinski definition) is 1. The molecule has 29 heavy (non-hydrogen) atoms. The first-order valence-corrected chi connectivity index (χ1v) is 9.18. The second-order valence-corrected chi connectivity index (χ2v) is 6.28. The van der Waals surface area contributed by atoms with Crippen LogP contribution in [0.15, 0.2) is 52.9 Å². The molecule has 0 aliphatic carbocycles. The summed E-state index contributed by atoms with van der Waals surface area (Å²) in [5.74, 6) is 1.08. The van der Waals surface area contributed by atoms with Gasteiger partial charge in [0.2, 0.25) is 11.8 Å². The number of hydrogen-bond acceptors (Lipinski definition) is 6. The molecule has 0 atom stereocenters. The summed E-state index contributed by atoms with van der Waals surface area (Å²) in [6.07, 6.45) is 0.0684. The van der Waals surface area contributed by atoms with E-state index in [2.05, 4.69) is 10.3 Å². The van der Waals surface area contributed by atoms with Gasteiger partial charge in [-0.3, -0.25) is 4.79 Å². The van der Waals surface area contributed by atoms with Crippen LogP contribution in [0.4, 0.5) is 5.69 Å². The molecule has 7 nitrogen and oxygen atoms in total. The van der Waals surface area contributed by atoms with E-state index in [-0.39, 0.29) is 12.3 Å². The van der Waals surface area contributed by atoms with Crippen LogP contribution in [0, 0.1) is 6.92 Å². The van der Waals surface area contributed by atoms with Crippen molar-refractivity contribution in [2.75, 3.05) is 19.0 Å². The van der Waals surface area contributed by atoms with Crippen molar-refractivity contribution in [3.63, 3.8) is 0 Å². The Kier molecular flexibility index (Phi) is 6.29. The number of nitrogens with one attached hydrogen (secondary N) is 1. The van der Waals surface area contributed by atoms with Gasteiger partial charge in [-0.2, -0.15) is 0 Å². The van der Waals surface area contributed by atoms with Crippen molar-refractivity contribution in [3.8, 4) is 17.2 Å². The fourth-order valence-corrected chi connectivity index (χ4v) is 2.73. The van der Waals surface area contributed by atoms with E-state index in [0.717, 1.165) is 5.56 Å². The molecule has 3 rings (SSSR count). The van der Waals surface area contributed by atoms with Crippen molar-refractivity contribution in [2.45, 2.75) is 20.3 Å². The third kappa shape index (κ3) is 5.01. The first kappa shape index (κ1) is 20.1. The number of carbonyl (C=O) groups is 2. The van der Waals surface area contributed by atoms with Gasteiger partial charge in [-0.25, -0.2) is 9.78 Å². The zero-order valence-electron chi connectivity index (χ0n) is 16.5. The van der Waals surface area contributed by atoms with Gasteiger partial charge in [-0.05, 0) is 56.3 Å². The van der Waals surface area contributed by atoms with Crippen molar-refractivity contribution in [1.29, 1.82) is 0 Å². The highest BCUT2D eigenvalue weighted by Crippen LogP contribution is 2.25. The highest BCUT2D eigenvalue weighted by atomic mass is 16.5. The number of carbonyl (C=O) groups excluding carboxylic acids is 2. The number of methoxy groups -OCH3 is 1. The predicted octanol–water partition coefficient (Wildman–Crippen LogP) is 4.02. The summed E-state index contributed by atoms with van der Waals surface area (Å²) in [7, 11) is 1.59. The minimum atomic E-state index is -0.395. The average molecular weight is 394 g/mol. The lowest BCUT2D eigenvalue weighted by Crippen LogP contribution is -2.15. The van der Waals surface area contributed by atoms with E-state index >= 15 is 0 Å². The third-order valence-corrected chi connectivity index (χ3v) is 4.22. The Hall–Kier alpha value is -3.61. The minimum Gasteiger partial charge on any atom is -0.497 e. The van der Waals surface area contributed by atoms with E-state index < -0.39 is 5.97 Å². The number of rotatable bonds is 7. The Morgan fingerprint density at radius 3 is 2.59 bits per heavy atom. The Balaban J connectivity index is 1.66. The van der Waals surface area contributed by atoms with Gasteiger partial charge in [0.15, 0.2) is 0 Å². The van der Waals surface area contributed by atoms with Gasteiger partial charge in [0.1, 0.15) is 11.5 Å². The summed E-state index contributed by atoms with van der Waals surface area (Å²) in [5.41, 5.74) is 2.34. The molecule has 1 heterocycles. The Labute approximate surface area is 168 Å². The number of amides is 1. The average Bonchev–Trinajstić information content (AvgIpc) is 3.09. The monoisotopic (exact) mass is 394 g/mol. The van der Waals surface area contributed by atoms with Gasteiger partial charge in [0.05, 0.1) is 31.4 Å². The van der Waals surface area contributed by atoms with E-state index in [9.17, 15) is 9.59 Å². The number of benzene rings is 2. The largest absolute Gasteiger partial charge is 0.497 e. The SMILES string of the molecule is CCOC(=O)c1ccc(NC(=O)Cc2nc(-c3cccc(OC)c3)oc2C)cc1. The topological polar surface area (TPSA) is 90.7 Å². The van der Waals surface area contributed by atoms with Gasteiger partial charge in [-0.15, -0.1) is 0 Å². The van der Waals surface area contributed by atoms with E-state index in [4.69, 9.17) is 13.9 Å². The van der Waals surface area contributed by atoms with E-state index in [1.54, 1.807) is 45.2 Å². The van der Waals surface area contributed by atoms with Crippen molar-refractivity contribution >= 4 is 17.6 Å². The van der Waals surface area contributed by atoms with Crippen LogP contribution >= 0.6 is 0 Å². The predicted molar refractivity (Wildman–Crippen MR) is 108 cm³/mol. The first-order chi connectivity index (χ1) is 14.0. The zero-order valence-corrected chi connectivity index (χ0v) is 16.5. The summed E-state index contributed by atoms with van der Waals surface area (Å²) >= 11 is 0. The van der Waals surface area contributed by atoms with Crippen LogP contribution in [0.25, 0.3) is 11.5 Å². The van der Waals surface area contributed by atoms with E-state index in [1.165, 1.54) is 0 Å². The number of aromatic nitrogens is 1. The molecular formula is C22H22N2O5. The van der Waals surface area contributed by atoms with Crippen LogP contribution < -0.4 is 10.1 Å². The highest BCUT2D eigenvalue weighted by Gasteiger charge is 2.15. The number of aryl methyl sites for hydroxylation is 1. The second-order valence-electron chi connectivity index (χ2n) is 6.28. The lowest BCUT2D eigenvalue weighted by molar-refractivity contribution is -0.115. The van der Waals surface area contributed by atoms with Crippen molar-refractivity contribution in [1.82, 2.24) is 4.98 Å². The van der Waals surface area contributed by atoms with Crippen LogP contribution in [0.1, 0.15) is 28.7 Å². The lowest BCUT2D eigenvalue weighted by Gasteiger charge is -2.06. The molecule has 0 bridgehead atoms. The van der Waals surface area contributed by atoms with Crippen LogP contribution in [0.2, 0.25) is 0 Å². The van der Waals surface area contributed by atoms with Crippen LogP contribution in [-0.4, -0.2) is 30.6 Å². The second kappa shape index (κ2) is 9.05. The Morgan fingerprint density at radius 1 is 1.14 bits per heavy atom. The summed E-state index contributed by atoms with van der Waals surface area (Å²) in [6.45, 7) is 3.83. The molecule has 0 spiro atoms. The summed E-state index contributed by atoms with van der Waals surface area (Å²) in [6, 6.07) is 13.9. The Morgan fingerprint density at radius 2 is 1.90 bits per heavy atom. The normalized spacial score (nSPS) is 10.4. The molecule has 1 aromatic heterocycles. The van der Waals surface area contributed by atoms with Crippen molar-refractivity contribution < 1.29 is 23.5 Å². The number of anilines is 1. The molecule has 0 unspecified atom stereocenters. The quantitative estimate of drug-likeness (QED) is 0.609. The van der Waals surface area contributed by atoms with Gasteiger partial charge >= 0.3 is 5.97 Å². The van der Waals surface area contributed by atoms with Crippen molar-refractivity contribution in [3.05, 3.63) is 65.5 Å². The summed E-state index contributed by atoms with van der Waals surface area (Å²) in [5, 5.41) is 2.79. The van der Waals surface area contributed by atoms with Crippen LogP contribution in [-0.2, 0) is 16.0 Å². The molecule has 3 aromatic rings. The van der Waals surface area contributed by atoms with Gasteiger partial charge in [0, 0.05) is 11.3 Å². The molecule has 0 saturated carbocycles. The number of nitrogens with zero attached hydrogens (tertiary/aromatic N) is 1. The molecule has 1 N–H and O–H groups in total. The number of oxazole rings is 1. The molecule has 0 fully saturated rings. The van der Waals surface area contributed by atoms with Crippen LogP contribution in [0.5, 0.6) is 5.75 Å². The third-order valence-electron chi connectivity index (χ3n) is 4.22. The zero-order chi connectivity index (χ0) is 20.8. The number of esters is 1. The molecule has 0 radical (unpaired) electrons. The molecule has 1 amide bonds. The summed E-state index contributed by atoms with van der Waals surface area (Å²) in [4.78, 5) is 28.5. The maximum absolute atomic E-state index is 12.4. The van der Waals surface area contributed by atoms with E-state index in [0.29, 0.717) is 41.0 Å². The lowest BCUT2D eigenvalue weighted by atomic mass is 10.2. The highest BCUT2D eigenvalue weighted by molar-refractivity contribution is 5.94. The molecule has 7 heteroatoms. The maximum atomic E-state index is 12.4. The van der Waals surface area contributed by atoms with Crippen molar-refractivity contribution in [2.24, 2.45) is 0 Å². The first-order valence-electron chi connectivity index (χ1n) is 9.18. The van der Waals surface area contributed by atoms with Gasteiger partial charge in [0.25, 0.3) is 0 Å². The Bertz CT molecular complexity index is 1010. The number of ether oxygens (including phenoxy) is 2. The maximum Gasteiger partial charge on any atom is 0.338 e. The fraction of sp³-hybridized carbons (Fsp3) is 0.227. The molecule has 150 valence electrons. The minimum absolute atomic E-state index is 0.0684. The van der Waals surface area contributed by atoms with Gasteiger partial charge in [-0.1, -0.05) is 6.07 Å². The molecule has 0 aliphatic heterocycles. The van der Waals surface area contributed by atoms with Gasteiger partial charge < -0.3 is 19.2 Å². The molecule has 0 aliphatic rings. The van der Waals surface area contributed by atoms with Crippen LogP contribution in [0.3, 0.4) is 0 Å². The molecular weight excluding hydrogens is 372 g/mol. The molecule has 0 saturated heterocycles. The molecule has 2 aromatic carbocycles. The summed E-state index contributed by atoms with van der Waals surface area (Å²) < 4.78 is 15.9.